The largest absolute Gasteiger partial charge is 0.493 e. The van der Waals surface area contributed by atoms with Gasteiger partial charge < -0.3 is 19.5 Å². The van der Waals surface area contributed by atoms with Crippen LogP contribution in [0.2, 0.25) is 0 Å². The maximum absolute atomic E-state index is 12.7. The first-order valence-electron chi connectivity index (χ1n) is 10.4. The Kier molecular flexibility index (Phi) is 8.37. The van der Waals surface area contributed by atoms with E-state index in [2.05, 4.69) is 5.32 Å². The molecule has 0 aromatic heterocycles. The molecule has 1 heterocycles. The Morgan fingerprint density at radius 2 is 1.88 bits per heavy atom. The topological polar surface area (TPSA) is 94.2 Å². The van der Waals surface area contributed by atoms with E-state index in [1.165, 1.54) is 7.11 Å². The van der Waals surface area contributed by atoms with Crippen LogP contribution in [0.3, 0.4) is 0 Å². The Labute approximate surface area is 196 Å². The number of hydrogen-bond donors (Lipinski definition) is 1. The number of ether oxygens (including phenoxy) is 3. The predicted octanol–water partition coefficient (Wildman–Crippen LogP) is 3.63. The second kappa shape index (κ2) is 11.4. The number of carbonyl (C=O) groups is 3. The van der Waals surface area contributed by atoms with E-state index in [9.17, 15) is 14.4 Å². The van der Waals surface area contributed by atoms with Crippen LogP contribution in [-0.2, 0) is 9.59 Å². The van der Waals surface area contributed by atoms with Crippen molar-refractivity contribution < 1.29 is 28.6 Å². The van der Waals surface area contributed by atoms with E-state index >= 15 is 0 Å². The SMILES string of the molecule is CCOc1ccc(/C=C2\SC(=O)N(CCNC(=O)COc3ccccc3C)C2=O)cc1OC. The van der Waals surface area contributed by atoms with Crippen molar-refractivity contribution in [2.45, 2.75) is 13.8 Å². The van der Waals surface area contributed by atoms with Crippen LogP contribution in [0.4, 0.5) is 4.79 Å². The van der Waals surface area contributed by atoms with Crippen LogP contribution in [0.25, 0.3) is 6.08 Å². The van der Waals surface area contributed by atoms with E-state index in [1.807, 2.05) is 32.0 Å². The highest BCUT2D eigenvalue weighted by atomic mass is 32.2. The molecule has 33 heavy (non-hydrogen) atoms. The van der Waals surface area contributed by atoms with Gasteiger partial charge in [0.15, 0.2) is 18.1 Å². The van der Waals surface area contributed by atoms with Crippen LogP contribution in [-0.4, -0.2) is 55.4 Å². The molecule has 2 aromatic rings. The van der Waals surface area contributed by atoms with E-state index < -0.39 is 5.91 Å². The van der Waals surface area contributed by atoms with Gasteiger partial charge in [0.05, 0.1) is 18.6 Å². The molecule has 0 radical (unpaired) electrons. The van der Waals surface area contributed by atoms with Crippen molar-refractivity contribution >= 4 is 34.9 Å². The van der Waals surface area contributed by atoms with E-state index in [1.54, 1.807) is 30.3 Å². The molecule has 1 N–H and O–H groups in total. The van der Waals surface area contributed by atoms with Crippen LogP contribution in [0.15, 0.2) is 47.4 Å². The fourth-order valence-electron chi connectivity index (χ4n) is 3.11. The third-order valence-electron chi connectivity index (χ3n) is 4.77. The number of hydrogen-bond acceptors (Lipinski definition) is 7. The van der Waals surface area contributed by atoms with Gasteiger partial charge in [-0.15, -0.1) is 0 Å². The quantitative estimate of drug-likeness (QED) is 0.530. The Bertz CT molecular complexity index is 1070. The van der Waals surface area contributed by atoms with E-state index in [4.69, 9.17) is 14.2 Å². The molecule has 3 rings (SSSR count). The summed E-state index contributed by atoms with van der Waals surface area (Å²) in [6.07, 6.45) is 1.64. The second-order valence-electron chi connectivity index (χ2n) is 7.08. The lowest BCUT2D eigenvalue weighted by atomic mass is 10.2. The van der Waals surface area contributed by atoms with Gasteiger partial charge in [0.2, 0.25) is 0 Å². The average Bonchev–Trinajstić information content (AvgIpc) is 3.07. The summed E-state index contributed by atoms with van der Waals surface area (Å²) in [7, 11) is 1.54. The van der Waals surface area contributed by atoms with Crippen molar-refractivity contribution in [3.63, 3.8) is 0 Å². The molecule has 3 amide bonds. The van der Waals surface area contributed by atoms with Gasteiger partial charge in [0.25, 0.3) is 17.1 Å². The third kappa shape index (κ3) is 6.29. The fourth-order valence-corrected chi connectivity index (χ4v) is 3.98. The molecular formula is C24H26N2O6S. The van der Waals surface area contributed by atoms with Gasteiger partial charge in [-0.05, 0) is 61.0 Å². The number of carbonyl (C=O) groups excluding carboxylic acids is 3. The number of thioether (sulfide) groups is 1. The number of nitrogens with one attached hydrogen (secondary N) is 1. The predicted molar refractivity (Wildman–Crippen MR) is 127 cm³/mol. The summed E-state index contributed by atoms with van der Waals surface area (Å²) in [5.41, 5.74) is 1.64. The zero-order chi connectivity index (χ0) is 23.8. The lowest BCUT2D eigenvalue weighted by molar-refractivity contribution is -0.125. The number of nitrogens with zero attached hydrogens (tertiary/aromatic N) is 1. The monoisotopic (exact) mass is 470 g/mol. The molecule has 1 aliphatic rings. The number of amides is 3. The Morgan fingerprint density at radius 1 is 1.09 bits per heavy atom. The molecule has 1 saturated heterocycles. The molecule has 0 saturated carbocycles. The van der Waals surface area contributed by atoms with Crippen molar-refractivity contribution in [1.29, 1.82) is 0 Å². The minimum absolute atomic E-state index is 0.0741. The molecule has 0 atom stereocenters. The second-order valence-corrected chi connectivity index (χ2v) is 8.07. The zero-order valence-electron chi connectivity index (χ0n) is 18.8. The molecular weight excluding hydrogens is 444 g/mol. The number of para-hydroxylation sites is 1. The molecule has 0 aliphatic carbocycles. The van der Waals surface area contributed by atoms with Gasteiger partial charge in [0, 0.05) is 13.1 Å². The Hall–Kier alpha value is -3.46. The Balaban J connectivity index is 1.53. The van der Waals surface area contributed by atoms with E-state index in [0.29, 0.717) is 34.3 Å². The van der Waals surface area contributed by atoms with Crippen LogP contribution in [0.1, 0.15) is 18.1 Å². The number of methoxy groups -OCH3 is 1. The lowest BCUT2D eigenvalue weighted by Gasteiger charge is -2.13. The van der Waals surface area contributed by atoms with Gasteiger partial charge >= 0.3 is 0 Å². The molecule has 8 nitrogen and oxygen atoms in total. The number of imide groups is 1. The number of benzene rings is 2. The smallest absolute Gasteiger partial charge is 0.293 e. The molecule has 0 unspecified atom stereocenters. The maximum Gasteiger partial charge on any atom is 0.293 e. The summed E-state index contributed by atoms with van der Waals surface area (Å²) in [6.45, 7) is 4.34. The fraction of sp³-hybridized carbons (Fsp3) is 0.292. The van der Waals surface area contributed by atoms with Crippen LogP contribution < -0.4 is 19.5 Å². The maximum atomic E-state index is 12.7. The van der Waals surface area contributed by atoms with E-state index in [-0.39, 0.29) is 30.8 Å². The average molecular weight is 471 g/mol. The minimum atomic E-state index is -0.400. The first kappa shape index (κ1) is 24.2. The summed E-state index contributed by atoms with van der Waals surface area (Å²) in [4.78, 5) is 38.5. The molecule has 1 fully saturated rings. The summed E-state index contributed by atoms with van der Waals surface area (Å²) < 4.78 is 16.3. The standard InChI is InChI=1S/C24H26N2O6S/c1-4-31-19-10-9-17(13-20(19)30-3)14-21-23(28)26(24(29)33-21)12-11-25-22(27)15-32-18-8-6-5-7-16(18)2/h5-10,13-14H,4,11-12,15H2,1-3H3,(H,25,27)/b21-14-. The zero-order valence-corrected chi connectivity index (χ0v) is 19.6. The van der Waals surface area contributed by atoms with Crippen molar-refractivity contribution in [3.8, 4) is 17.2 Å². The third-order valence-corrected chi connectivity index (χ3v) is 5.68. The van der Waals surface area contributed by atoms with Crippen molar-refractivity contribution in [2.75, 3.05) is 33.4 Å². The summed E-state index contributed by atoms with van der Waals surface area (Å²) in [6, 6.07) is 12.7. The van der Waals surface area contributed by atoms with Crippen molar-refractivity contribution in [1.82, 2.24) is 10.2 Å². The van der Waals surface area contributed by atoms with Crippen LogP contribution in [0.5, 0.6) is 17.2 Å². The highest BCUT2D eigenvalue weighted by Gasteiger charge is 2.34. The van der Waals surface area contributed by atoms with Gasteiger partial charge in [-0.3, -0.25) is 19.3 Å². The van der Waals surface area contributed by atoms with Gasteiger partial charge in [0.1, 0.15) is 5.75 Å². The van der Waals surface area contributed by atoms with Gasteiger partial charge in [-0.25, -0.2) is 0 Å². The minimum Gasteiger partial charge on any atom is -0.493 e. The molecule has 0 spiro atoms. The van der Waals surface area contributed by atoms with Gasteiger partial charge in [-0.2, -0.15) is 0 Å². The van der Waals surface area contributed by atoms with Gasteiger partial charge in [-0.1, -0.05) is 24.3 Å². The number of aryl methyl sites for hydroxylation is 1. The van der Waals surface area contributed by atoms with Crippen molar-refractivity contribution in [3.05, 3.63) is 58.5 Å². The number of rotatable bonds is 10. The highest BCUT2D eigenvalue weighted by molar-refractivity contribution is 8.18. The van der Waals surface area contributed by atoms with Crippen molar-refractivity contribution in [2.24, 2.45) is 0 Å². The molecule has 9 heteroatoms. The summed E-state index contributed by atoms with van der Waals surface area (Å²) in [5.74, 6) is 1.05. The first-order chi connectivity index (χ1) is 15.9. The first-order valence-corrected chi connectivity index (χ1v) is 11.3. The van der Waals surface area contributed by atoms with Crippen LogP contribution >= 0.6 is 11.8 Å². The lowest BCUT2D eigenvalue weighted by Crippen LogP contribution is -2.38. The van der Waals surface area contributed by atoms with E-state index in [0.717, 1.165) is 22.2 Å². The summed E-state index contributed by atoms with van der Waals surface area (Å²) in [5, 5.41) is 2.29. The Morgan fingerprint density at radius 3 is 2.61 bits per heavy atom. The normalized spacial score (nSPS) is 14.5. The molecule has 2 aromatic carbocycles. The van der Waals surface area contributed by atoms with Crippen LogP contribution in [0, 0.1) is 6.92 Å². The molecule has 1 aliphatic heterocycles. The summed E-state index contributed by atoms with van der Waals surface area (Å²) >= 11 is 0.862. The molecule has 174 valence electrons. The highest BCUT2D eigenvalue weighted by Crippen LogP contribution is 2.34. The molecule has 0 bridgehead atoms.